The van der Waals surface area contributed by atoms with E-state index in [4.69, 9.17) is 23.2 Å². The van der Waals surface area contributed by atoms with Gasteiger partial charge in [0.05, 0.1) is 15.6 Å². The van der Waals surface area contributed by atoms with Crippen LogP contribution < -0.4 is 0 Å². The zero-order valence-corrected chi connectivity index (χ0v) is 16.1. The van der Waals surface area contributed by atoms with Crippen LogP contribution >= 0.6 is 50.9 Å². The fraction of sp³-hybridized carbons (Fsp3) is 0.250. The topological polar surface area (TPSA) is 0 Å². The second kappa shape index (κ2) is 7.26. The standard InChI is InChI=1S/C16H12BrCl2F3S/c1-8(2)23-14-5-9(3-4-11(14)17)15-12(18)6-10(7-13(15)19)16(20,21)22/h3-8H,1-2H3. The van der Waals surface area contributed by atoms with Crippen LogP contribution in [0.2, 0.25) is 10.0 Å². The van der Waals surface area contributed by atoms with Crippen LogP contribution in [0.5, 0.6) is 0 Å². The van der Waals surface area contributed by atoms with E-state index in [0.717, 1.165) is 21.5 Å². The first-order valence-electron chi connectivity index (χ1n) is 6.62. The summed E-state index contributed by atoms with van der Waals surface area (Å²) >= 11 is 17.3. The molecule has 124 valence electrons. The Kier molecular flexibility index (Phi) is 5.99. The van der Waals surface area contributed by atoms with E-state index in [2.05, 4.69) is 29.8 Å². The average molecular weight is 444 g/mol. The summed E-state index contributed by atoms with van der Waals surface area (Å²) < 4.78 is 39.4. The number of alkyl halides is 3. The molecule has 0 aliphatic carbocycles. The molecule has 0 heterocycles. The number of thioether (sulfide) groups is 1. The normalized spacial score (nSPS) is 12.0. The Morgan fingerprint density at radius 1 is 1.04 bits per heavy atom. The van der Waals surface area contributed by atoms with E-state index in [1.165, 1.54) is 0 Å². The molecule has 0 bridgehead atoms. The smallest absolute Gasteiger partial charge is 0.166 e. The Balaban J connectivity index is 2.55. The predicted octanol–water partition coefficient (Wildman–Crippen LogP) is 7.94. The molecule has 0 saturated heterocycles. The van der Waals surface area contributed by atoms with Crippen LogP contribution in [0.15, 0.2) is 39.7 Å². The highest BCUT2D eigenvalue weighted by Gasteiger charge is 2.32. The lowest BCUT2D eigenvalue weighted by atomic mass is 10.0. The maximum absolute atomic E-state index is 12.8. The Labute approximate surface area is 155 Å². The predicted molar refractivity (Wildman–Crippen MR) is 95.6 cm³/mol. The summed E-state index contributed by atoms with van der Waals surface area (Å²) in [5, 5.41) is 0.320. The highest BCUT2D eigenvalue weighted by molar-refractivity contribution is 9.10. The quantitative estimate of drug-likeness (QED) is 0.433. The minimum Gasteiger partial charge on any atom is -0.166 e. The van der Waals surface area contributed by atoms with Crippen molar-refractivity contribution in [1.29, 1.82) is 0 Å². The van der Waals surface area contributed by atoms with Gasteiger partial charge in [-0.1, -0.05) is 43.1 Å². The SMILES string of the molecule is CC(C)Sc1cc(-c2c(Cl)cc(C(F)(F)F)cc2Cl)ccc1Br. The molecule has 0 fully saturated rings. The molecule has 0 amide bonds. The molecule has 7 heteroatoms. The van der Waals surface area contributed by atoms with Gasteiger partial charge in [-0.25, -0.2) is 0 Å². The third kappa shape index (κ3) is 4.59. The second-order valence-corrected chi connectivity index (χ2v) is 8.41. The summed E-state index contributed by atoms with van der Waals surface area (Å²) in [6, 6.07) is 7.29. The molecule has 0 aliphatic rings. The van der Waals surface area contributed by atoms with Gasteiger partial charge in [0.25, 0.3) is 0 Å². The second-order valence-electron chi connectivity index (χ2n) is 5.12. The Hall–Kier alpha value is -0.360. The molecule has 0 unspecified atom stereocenters. The monoisotopic (exact) mass is 442 g/mol. The van der Waals surface area contributed by atoms with Crippen molar-refractivity contribution in [3.63, 3.8) is 0 Å². The maximum atomic E-state index is 12.8. The van der Waals surface area contributed by atoms with Crippen LogP contribution in [-0.4, -0.2) is 5.25 Å². The van der Waals surface area contributed by atoms with Crippen molar-refractivity contribution in [3.05, 3.63) is 50.4 Å². The highest BCUT2D eigenvalue weighted by Crippen LogP contribution is 2.42. The average Bonchev–Trinajstić information content (AvgIpc) is 2.39. The Morgan fingerprint density at radius 2 is 1.61 bits per heavy atom. The Bertz CT molecular complexity index is 707. The van der Waals surface area contributed by atoms with Gasteiger partial charge in [-0.3, -0.25) is 0 Å². The van der Waals surface area contributed by atoms with Crippen LogP contribution in [0.3, 0.4) is 0 Å². The van der Waals surface area contributed by atoms with Gasteiger partial charge < -0.3 is 0 Å². The summed E-state index contributed by atoms with van der Waals surface area (Å²) in [4.78, 5) is 0.976. The van der Waals surface area contributed by atoms with E-state index in [0.29, 0.717) is 16.4 Å². The first-order valence-corrected chi connectivity index (χ1v) is 9.05. The van der Waals surface area contributed by atoms with Gasteiger partial charge in [-0.2, -0.15) is 13.2 Å². The van der Waals surface area contributed by atoms with Crippen molar-refractivity contribution >= 4 is 50.9 Å². The summed E-state index contributed by atoms with van der Waals surface area (Å²) in [5.74, 6) is 0. The van der Waals surface area contributed by atoms with Gasteiger partial charge in [0, 0.05) is 20.2 Å². The molecular weight excluding hydrogens is 432 g/mol. The third-order valence-corrected chi connectivity index (χ3v) is 5.57. The van der Waals surface area contributed by atoms with E-state index < -0.39 is 11.7 Å². The molecule has 0 N–H and O–H groups in total. The molecule has 2 rings (SSSR count). The molecule has 0 spiro atoms. The minimum absolute atomic E-state index is 0.0207. The zero-order valence-electron chi connectivity index (χ0n) is 12.1. The number of halogens is 6. The molecule has 0 saturated carbocycles. The van der Waals surface area contributed by atoms with E-state index in [1.807, 2.05) is 12.1 Å². The van der Waals surface area contributed by atoms with Crippen molar-refractivity contribution in [2.45, 2.75) is 30.2 Å². The molecule has 0 aliphatic heterocycles. The van der Waals surface area contributed by atoms with Crippen molar-refractivity contribution in [1.82, 2.24) is 0 Å². The zero-order chi connectivity index (χ0) is 17.4. The molecule has 0 atom stereocenters. The molecule has 0 radical (unpaired) electrons. The van der Waals surface area contributed by atoms with Crippen molar-refractivity contribution in [2.75, 3.05) is 0 Å². The lowest BCUT2D eigenvalue weighted by Gasteiger charge is -2.14. The van der Waals surface area contributed by atoms with Crippen molar-refractivity contribution in [2.24, 2.45) is 0 Å². The fourth-order valence-corrected chi connectivity index (χ4v) is 4.13. The number of hydrogen-bond acceptors (Lipinski definition) is 1. The highest BCUT2D eigenvalue weighted by atomic mass is 79.9. The van der Waals surface area contributed by atoms with Crippen LogP contribution in [0.25, 0.3) is 11.1 Å². The van der Waals surface area contributed by atoms with Gasteiger partial charge in [0.1, 0.15) is 0 Å². The van der Waals surface area contributed by atoms with Gasteiger partial charge >= 0.3 is 6.18 Å². The third-order valence-electron chi connectivity index (χ3n) is 2.95. The molecule has 0 aromatic heterocycles. The van der Waals surface area contributed by atoms with E-state index >= 15 is 0 Å². The Morgan fingerprint density at radius 3 is 2.09 bits per heavy atom. The van der Waals surface area contributed by atoms with Crippen LogP contribution in [0, 0.1) is 0 Å². The first kappa shape index (κ1) is 19.0. The largest absolute Gasteiger partial charge is 0.416 e. The molecule has 23 heavy (non-hydrogen) atoms. The van der Waals surface area contributed by atoms with Crippen molar-refractivity contribution < 1.29 is 13.2 Å². The number of rotatable bonds is 3. The van der Waals surface area contributed by atoms with E-state index in [-0.39, 0.29) is 10.0 Å². The van der Waals surface area contributed by atoms with Gasteiger partial charge in [-0.15, -0.1) is 11.8 Å². The van der Waals surface area contributed by atoms with Crippen LogP contribution in [0.1, 0.15) is 19.4 Å². The molecule has 0 nitrogen and oxygen atoms in total. The fourth-order valence-electron chi connectivity index (χ4n) is 2.02. The lowest BCUT2D eigenvalue weighted by molar-refractivity contribution is -0.137. The maximum Gasteiger partial charge on any atom is 0.416 e. The summed E-state index contributed by atoms with van der Waals surface area (Å²) in [6.45, 7) is 4.11. The van der Waals surface area contributed by atoms with Crippen molar-refractivity contribution in [3.8, 4) is 11.1 Å². The van der Waals surface area contributed by atoms with E-state index in [9.17, 15) is 13.2 Å². The summed E-state index contributed by atoms with van der Waals surface area (Å²) in [7, 11) is 0. The van der Waals surface area contributed by atoms with Gasteiger partial charge in [0.2, 0.25) is 0 Å². The van der Waals surface area contributed by atoms with Crippen LogP contribution in [-0.2, 0) is 6.18 Å². The molecule has 2 aromatic carbocycles. The van der Waals surface area contributed by atoms with Crippen LogP contribution in [0.4, 0.5) is 13.2 Å². The van der Waals surface area contributed by atoms with Gasteiger partial charge in [0.15, 0.2) is 0 Å². The first-order chi connectivity index (χ1) is 10.6. The number of hydrogen-bond donors (Lipinski definition) is 0. The van der Waals surface area contributed by atoms with E-state index in [1.54, 1.807) is 17.8 Å². The number of benzene rings is 2. The minimum atomic E-state index is -4.48. The van der Waals surface area contributed by atoms with Gasteiger partial charge in [-0.05, 0) is 45.8 Å². The molecular formula is C16H12BrCl2F3S. The summed E-state index contributed by atoms with van der Waals surface area (Å²) in [5.41, 5.74) is 0.227. The molecule has 2 aromatic rings. The summed E-state index contributed by atoms with van der Waals surface area (Å²) in [6.07, 6.45) is -4.48. The lowest BCUT2D eigenvalue weighted by Crippen LogP contribution is -2.05.